The van der Waals surface area contributed by atoms with E-state index < -0.39 is 61.8 Å². The Bertz CT molecular complexity index is 942. The fraction of sp³-hybridized carbons (Fsp3) is 0.412. The number of ether oxygens (including phenoxy) is 1. The number of carbonyl (C=O) groups is 2. The van der Waals surface area contributed by atoms with Crippen LogP contribution in [0.2, 0.25) is 0 Å². The molecule has 8 nitrogen and oxygen atoms in total. The summed E-state index contributed by atoms with van der Waals surface area (Å²) in [6, 6.07) is 2.97. The predicted octanol–water partition coefficient (Wildman–Crippen LogP) is 2.31. The van der Waals surface area contributed by atoms with Crippen molar-refractivity contribution in [3.8, 4) is 0 Å². The third-order valence-corrected chi connectivity index (χ3v) is 6.35. The third-order valence-electron chi connectivity index (χ3n) is 4.77. The van der Waals surface area contributed by atoms with E-state index >= 15 is 0 Å². The highest BCUT2D eigenvalue weighted by Crippen LogP contribution is 2.52. The summed E-state index contributed by atoms with van der Waals surface area (Å²) in [6.07, 6.45) is -2.03. The molecule has 0 unspecified atom stereocenters. The molecule has 1 N–H and O–H groups in total. The van der Waals surface area contributed by atoms with E-state index in [1.807, 2.05) is 0 Å². The molecule has 2 saturated heterocycles. The third kappa shape index (κ3) is 4.15. The van der Waals surface area contributed by atoms with E-state index in [0.717, 1.165) is 17.2 Å². The summed E-state index contributed by atoms with van der Waals surface area (Å²) in [5, 5.41) is 2.50. The van der Waals surface area contributed by atoms with Crippen LogP contribution in [0.25, 0.3) is 0 Å². The maximum absolute atomic E-state index is 13.7. The highest BCUT2D eigenvalue weighted by atomic mass is 31.2. The van der Waals surface area contributed by atoms with Crippen molar-refractivity contribution in [2.45, 2.75) is 37.8 Å². The van der Waals surface area contributed by atoms with E-state index in [0.29, 0.717) is 6.07 Å². The van der Waals surface area contributed by atoms with Crippen LogP contribution in [0.15, 0.2) is 30.2 Å². The van der Waals surface area contributed by atoms with Gasteiger partial charge in [0.1, 0.15) is 30.1 Å². The van der Waals surface area contributed by atoms with Crippen molar-refractivity contribution in [1.29, 1.82) is 0 Å². The average Bonchev–Trinajstić information content (AvgIpc) is 3.06. The number of halogens is 3. The molecule has 1 aromatic rings. The van der Waals surface area contributed by atoms with Gasteiger partial charge >= 0.3 is 7.75 Å². The number of nitrogens with one attached hydrogen (secondary N) is 1. The summed E-state index contributed by atoms with van der Waals surface area (Å²) >= 11 is 0. The molecule has 12 heteroatoms. The van der Waals surface area contributed by atoms with Gasteiger partial charge in [-0.15, -0.1) is 0 Å². The van der Waals surface area contributed by atoms with Crippen LogP contribution in [0.4, 0.5) is 13.2 Å². The van der Waals surface area contributed by atoms with Gasteiger partial charge in [0, 0.05) is 30.8 Å². The number of hydrogen-bond donors (Lipinski definition) is 1. The lowest BCUT2D eigenvalue weighted by Crippen LogP contribution is -2.40. The van der Waals surface area contributed by atoms with Crippen LogP contribution in [-0.4, -0.2) is 41.6 Å². The fourth-order valence-electron chi connectivity index (χ4n) is 3.27. The maximum Gasteiger partial charge on any atom is 0.406 e. The highest BCUT2D eigenvalue weighted by Gasteiger charge is 2.48. The molecule has 29 heavy (non-hydrogen) atoms. The molecule has 3 aliphatic heterocycles. The van der Waals surface area contributed by atoms with Crippen molar-refractivity contribution in [1.82, 2.24) is 9.99 Å². The molecule has 0 bridgehead atoms. The molecule has 0 aromatic heterocycles. The van der Waals surface area contributed by atoms with Crippen LogP contribution in [0.3, 0.4) is 0 Å². The molecule has 4 rings (SSSR count). The standard InChI is InChI=1S/C17H16F3N2O6P/c18-10-2-1-9(11(19)3-10)6-21-29(25)26-8-15-14(28-29)5-17(27-15)22-7-12(20)13(23)4-16(22)24/h1-3,7,14-15,17H,4-6,8H2,(H,21,25)/t14-,15+,17+,29-/m0/s1. The van der Waals surface area contributed by atoms with Crippen LogP contribution < -0.4 is 5.09 Å². The van der Waals surface area contributed by atoms with Gasteiger partial charge in [0.05, 0.1) is 13.0 Å². The Kier molecular flexibility index (Phi) is 5.34. The van der Waals surface area contributed by atoms with Gasteiger partial charge in [-0.2, -0.15) is 0 Å². The zero-order chi connectivity index (χ0) is 20.8. The van der Waals surface area contributed by atoms with Crippen LogP contribution in [0.5, 0.6) is 0 Å². The Morgan fingerprint density at radius 1 is 1.21 bits per heavy atom. The number of amides is 1. The molecule has 2 fully saturated rings. The van der Waals surface area contributed by atoms with Crippen LogP contribution in [0, 0.1) is 11.6 Å². The number of rotatable bonds is 4. The summed E-state index contributed by atoms with van der Waals surface area (Å²) in [6.45, 7) is -0.365. The Morgan fingerprint density at radius 3 is 2.76 bits per heavy atom. The van der Waals surface area contributed by atoms with Gasteiger partial charge in [0.2, 0.25) is 11.7 Å². The van der Waals surface area contributed by atoms with Gasteiger partial charge < -0.3 is 4.74 Å². The van der Waals surface area contributed by atoms with E-state index in [9.17, 15) is 27.3 Å². The molecule has 0 spiro atoms. The van der Waals surface area contributed by atoms with Crippen molar-refractivity contribution in [2.75, 3.05) is 6.61 Å². The van der Waals surface area contributed by atoms with Gasteiger partial charge in [0.15, 0.2) is 5.83 Å². The number of hydrogen-bond acceptors (Lipinski definition) is 6. The zero-order valence-electron chi connectivity index (χ0n) is 14.8. The Labute approximate surface area is 163 Å². The smallest absolute Gasteiger partial charge is 0.349 e. The molecule has 1 aromatic carbocycles. The molecule has 0 radical (unpaired) electrons. The van der Waals surface area contributed by atoms with Gasteiger partial charge in [-0.3, -0.25) is 23.5 Å². The van der Waals surface area contributed by atoms with E-state index in [-0.39, 0.29) is 25.1 Å². The fourth-order valence-corrected chi connectivity index (χ4v) is 4.78. The Balaban J connectivity index is 1.40. The highest BCUT2D eigenvalue weighted by molar-refractivity contribution is 7.51. The Morgan fingerprint density at radius 2 is 2.00 bits per heavy atom. The lowest BCUT2D eigenvalue weighted by Gasteiger charge is -2.31. The molecule has 156 valence electrons. The number of ketones is 1. The second-order valence-corrected chi connectivity index (χ2v) is 8.53. The van der Waals surface area contributed by atoms with Crippen LogP contribution in [0.1, 0.15) is 18.4 Å². The van der Waals surface area contributed by atoms with Crippen molar-refractivity contribution in [3.05, 3.63) is 47.4 Å². The quantitative estimate of drug-likeness (QED) is 0.577. The number of fused-ring (bicyclic) bond motifs is 1. The van der Waals surface area contributed by atoms with Gasteiger partial charge in [-0.1, -0.05) is 6.07 Å². The second-order valence-electron chi connectivity index (χ2n) is 6.75. The summed E-state index contributed by atoms with van der Waals surface area (Å²) in [7, 11) is -3.82. The minimum absolute atomic E-state index is 0.0701. The number of nitrogens with zero attached hydrogens (tertiary/aromatic N) is 1. The van der Waals surface area contributed by atoms with Crippen molar-refractivity contribution in [3.63, 3.8) is 0 Å². The number of allylic oxidation sites excluding steroid dienone is 1. The number of Topliss-reactive ketones (excluding diaryl/α,β-unsaturated/α-hetero) is 1. The first kappa shape index (κ1) is 20.2. The summed E-state index contributed by atoms with van der Waals surface area (Å²) in [5.41, 5.74) is 0.0701. The molecule has 3 heterocycles. The first-order valence-corrected chi connectivity index (χ1v) is 10.3. The van der Waals surface area contributed by atoms with E-state index in [4.69, 9.17) is 13.8 Å². The topological polar surface area (TPSA) is 94.2 Å². The molecular formula is C17H16F3N2O6P. The average molecular weight is 432 g/mol. The molecule has 4 atom stereocenters. The van der Waals surface area contributed by atoms with Crippen LogP contribution >= 0.6 is 7.75 Å². The lowest BCUT2D eigenvalue weighted by molar-refractivity contribution is -0.145. The van der Waals surface area contributed by atoms with E-state index in [1.165, 1.54) is 6.07 Å². The molecule has 0 saturated carbocycles. The second kappa shape index (κ2) is 7.66. The minimum atomic E-state index is -3.82. The summed E-state index contributed by atoms with van der Waals surface area (Å²) in [4.78, 5) is 24.2. The van der Waals surface area contributed by atoms with Crippen molar-refractivity contribution in [2.24, 2.45) is 0 Å². The first-order chi connectivity index (χ1) is 13.7. The zero-order valence-corrected chi connectivity index (χ0v) is 15.7. The van der Waals surface area contributed by atoms with Gasteiger partial charge in [-0.05, 0) is 6.07 Å². The largest absolute Gasteiger partial charge is 0.406 e. The van der Waals surface area contributed by atoms with Gasteiger partial charge in [-0.25, -0.2) is 22.8 Å². The SMILES string of the molecule is O=C1CC(=O)N([C@H]2C[C@@H]3O[P@](=O)(NCc4ccc(F)cc4F)OC[C@H]3O2)C=C1F. The number of benzene rings is 1. The molecular weight excluding hydrogens is 416 g/mol. The molecule has 1 amide bonds. The monoisotopic (exact) mass is 432 g/mol. The van der Waals surface area contributed by atoms with Crippen molar-refractivity contribution >= 4 is 19.4 Å². The summed E-state index contributed by atoms with van der Waals surface area (Å²) < 4.78 is 69.4. The lowest BCUT2D eigenvalue weighted by atomic mass is 10.1. The van der Waals surface area contributed by atoms with E-state index in [2.05, 4.69) is 5.09 Å². The van der Waals surface area contributed by atoms with Gasteiger partial charge in [0.25, 0.3) is 0 Å². The van der Waals surface area contributed by atoms with Crippen LogP contribution in [-0.2, 0) is 34.5 Å². The normalized spacial score (nSPS) is 32.3. The maximum atomic E-state index is 13.7. The molecule has 3 aliphatic rings. The first-order valence-electron chi connectivity index (χ1n) is 8.73. The van der Waals surface area contributed by atoms with Crippen molar-refractivity contribution < 1.29 is 41.1 Å². The Hall–Kier alpha value is -2.04. The van der Waals surface area contributed by atoms with E-state index in [1.54, 1.807) is 0 Å². The number of carbonyl (C=O) groups excluding carboxylic acids is 2. The molecule has 0 aliphatic carbocycles. The minimum Gasteiger partial charge on any atom is -0.349 e. The summed E-state index contributed by atoms with van der Waals surface area (Å²) in [5.74, 6) is -4.11. The predicted molar refractivity (Wildman–Crippen MR) is 90.6 cm³/mol.